The Labute approximate surface area is 134 Å². The fourth-order valence-corrected chi connectivity index (χ4v) is 2.14. The quantitative estimate of drug-likeness (QED) is 0.845. The molecule has 0 aliphatic carbocycles. The predicted molar refractivity (Wildman–Crippen MR) is 87.4 cm³/mol. The summed E-state index contributed by atoms with van der Waals surface area (Å²) in [7, 11) is 0. The fourth-order valence-electron chi connectivity index (χ4n) is 1.73. The summed E-state index contributed by atoms with van der Waals surface area (Å²) in [5, 5.41) is 2.81. The molecule has 0 aromatic heterocycles. The van der Waals surface area contributed by atoms with E-state index >= 15 is 0 Å². The van der Waals surface area contributed by atoms with Gasteiger partial charge >= 0.3 is 0 Å². The number of hydrogen-bond donors (Lipinski definition) is 1. The molecule has 0 atom stereocenters. The SMILES string of the molecule is C=C(C(=O)NC(C)(C)C)N(Cc1ccccc1Br)C(C)=O. The molecule has 0 aliphatic rings. The van der Waals surface area contributed by atoms with E-state index in [-0.39, 0.29) is 23.1 Å². The number of carbonyl (C=O) groups is 2. The average molecular weight is 353 g/mol. The van der Waals surface area contributed by atoms with Crippen molar-refractivity contribution in [2.24, 2.45) is 0 Å². The standard InChI is InChI=1S/C16H21BrN2O2/c1-11(15(21)18-16(3,4)5)19(12(2)20)10-13-8-6-7-9-14(13)17/h6-9H,1,10H2,2-5H3,(H,18,21). The zero-order valence-corrected chi connectivity index (χ0v) is 14.5. The maximum absolute atomic E-state index is 12.2. The van der Waals surface area contributed by atoms with Crippen molar-refractivity contribution in [3.8, 4) is 0 Å². The van der Waals surface area contributed by atoms with Crippen LogP contribution in [0.5, 0.6) is 0 Å². The van der Waals surface area contributed by atoms with E-state index in [2.05, 4.69) is 27.8 Å². The second-order valence-electron chi connectivity index (χ2n) is 5.85. The zero-order valence-electron chi connectivity index (χ0n) is 12.9. The summed E-state index contributed by atoms with van der Waals surface area (Å²) in [5.74, 6) is -0.565. The number of halogens is 1. The monoisotopic (exact) mass is 352 g/mol. The Kier molecular flexibility index (Phi) is 5.72. The smallest absolute Gasteiger partial charge is 0.267 e. The molecule has 0 unspecified atom stereocenters. The van der Waals surface area contributed by atoms with E-state index in [9.17, 15) is 9.59 Å². The lowest BCUT2D eigenvalue weighted by atomic mass is 10.1. The molecule has 21 heavy (non-hydrogen) atoms. The van der Waals surface area contributed by atoms with Gasteiger partial charge in [0.05, 0.1) is 6.54 Å². The van der Waals surface area contributed by atoms with Gasteiger partial charge < -0.3 is 10.2 Å². The summed E-state index contributed by atoms with van der Waals surface area (Å²) >= 11 is 3.44. The van der Waals surface area contributed by atoms with E-state index in [1.54, 1.807) is 0 Å². The fraction of sp³-hybridized carbons (Fsp3) is 0.375. The van der Waals surface area contributed by atoms with Gasteiger partial charge in [-0.1, -0.05) is 40.7 Å². The minimum absolute atomic E-state index is 0.146. The molecule has 2 amide bonds. The average Bonchev–Trinajstić information content (AvgIpc) is 2.34. The highest BCUT2D eigenvalue weighted by atomic mass is 79.9. The van der Waals surface area contributed by atoms with Crippen LogP contribution in [0.1, 0.15) is 33.3 Å². The summed E-state index contributed by atoms with van der Waals surface area (Å²) in [6.07, 6.45) is 0. The summed E-state index contributed by atoms with van der Waals surface area (Å²) < 4.78 is 0.889. The lowest BCUT2D eigenvalue weighted by molar-refractivity contribution is -0.131. The molecule has 0 aliphatic heterocycles. The summed E-state index contributed by atoms with van der Waals surface area (Å²) in [6, 6.07) is 7.57. The van der Waals surface area contributed by atoms with E-state index in [0.29, 0.717) is 6.54 Å². The van der Waals surface area contributed by atoms with E-state index in [1.165, 1.54) is 11.8 Å². The van der Waals surface area contributed by atoms with Gasteiger partial charge in [-0.15, -0.1) is 0 Å². The van der Waals surface area contributed by atoms with E-state index in [0.717, 1.165) is 10.0 Å². The highest BCUT2D eigenvalue weighted by Crippen LogP contribution is 2.20. The van der Waals surface area contributed by atoms with Crippen molar-refractivity contribution in [2.45, 2.75) is 39.8 Å². The Bertz CT molecular complexity index is 562. The first kappa shape index (κ1) is 17.4. The molecule has 4 nitrogen and oxygen atoms in total. The lowest BCUT2D eigenvalue weighted by Crippen LogP contribution is -2.45. The minimum atomic E-state index is -0.379. The molecular weight excluding hydrogens is 332 g/mol. The molecule has 0 spiro atoms. The molecule has 1 rings (SSSR count). The Balaban J connectivity index is 2.93. The first-order valence-electron chi connectivity index (χ1n) is 6.65. The van der Waals surface area contributed by atoms with Crippen molar-refractivity contribution in [3.05, 3.63) is 46.6 Å². The number of benzene rings is 1. The molecular formula is C16H21BrN2O2. The molecule has 0 saturated heterocycles. The number of hydrogen-bond acceptors (Lipinski definition) is 2. The number of nitrogens with one attached hydrogen (secondary N) is 1. The van der Waals surface area contributed by atoms with Crippen LogP contribution < -0.4 is 5.32 Å². The minimum Gasteiger partial charge on any atom is -0.346 e. The van der Waals surface area contributed by atoms with Crippen LogP contribution in [-0.4, -0.2) is 22.3 Å². The molecule has 1 N–H and O–H groups in total. The first-order valence-corrected chi connectivity index (χ1v) is 7.44. The van der Waals surface area contributed by atoms with E-state index in [4.69, 9.17) is 0 Å². The molecule has 0 bridgehead atoms. The van der Waals surface area contributed by atoms with E-state index < -0.39 is 0 Å². The summed E-state index contributed by atoms with van der Waals surface area (Å²) in [4.78, 5) is 25.4. The van der Waals surface area contributed by atoms with Crippen LogP contribution in [0.4, 0.5) is 0 Å². The topological polar surface area (TPSA) is 49.4 Å². The van der Waals surface area contributed by atoms with Crippen LogP contribution in [0.15, 0.2) is 41.0 Å². The van der Waals surface area contributed by atoms with E-state index in [1.807, 2.05) is 45.0 Å². The Morgan fingerprint density at radius 1 is 1.29 bits per heavy atom. The van der Waals surface area contributed by atoms with Gasteiger partial charge in [-0.25, -0.2) is 0 Å². The van der Waals surface area contributed by atoms with Crippen molar-refractivity contribution in [1.82, 2.24) is 10.2 Å². The van der Waals surface area contributed by atoms with Crippen molar-refractivity contribution < 1.29 is 9.59 Å². The van der Waals surface area contributed by atoms with Crippen LogP contribution in [0.25, 0.3) is 0 Å². The predicted octanol–water partition coefficient (Wildman–Crippen LogP) is 3.23. The maximum Gasteiger partial charge on any atom is 0.267 e. The van der Waals surface area contributed by atoms with Gasteiger partial charge in [-0.2, -0.15) is 0 Å². The Morgan fingerprint density at radius 2 is 1.86 bits per heavy atom. The summed E-state index contributed by atoms with van der Waals surface area (Å²) in [5.41, 5.74) is 0.682. The van der Waals surface area contributed by atoms with Gasteiger partial charge in [0, 0.05) is 16.9 Å². The maximum atomic E-state index is 12.2. The van der Waals surface area contributed by atoms with Gasteiger partial charge in [0.2, 0.25) is 5.91 Å². The normalized spacial score (nSPS) is 10.9. The van der Waals surface area contributed by atoms with Crippen LogP contribution >= 0.6 is 15.9 Å². The van der Waals surface area contributed by atoms with Gasteiger partial charge in [0.15, 0.2) is 0 Å². The lowest BCUT2D eigenvalue weighted by Gasteiger charge is -2.27. The first-order chi connectivity index (χ1) is 9.61. The molecule has 0 saturated carbocycles. The molecule has 5 heteroatoms. The third kappa shape index (κ3) is 5.34. The molecule has 0 fully saturated rings. The molecule has 1 aromatic rings. The number of amides is 2. The second-order valence-corrected chi connectivity index (χ2v) is 6.70. The second kappa shape index (κ2) is 6.89. The highest BCUT2D eigenvalue weighted by molar-refractivity contribution is 9.10. The Hall–Kier alpha value is -1.62. The molecule has 0 heterocycles. The Morgan fingerprint density at radius 3 is 2.33 bits per heavy atom. The number of nitrogens with zero attached hydrogens (tertiary/aromatic N) is 1. The van der Waals surface area contributed by atoms with Crippen LogP contribution in [-0.2, 0) is 16.1 Å². The third-order valence-corrected chi connectivity index (χ3v) is 3.52. The highest BCUT2D eigenvalue weighted by Gasteiger charge is 2.23. The van der Waals surface area contributed by atoms with Crippen LogP contribution in [0.2, 0.25) is 0 Å². The largest absolute Gasteiger partial charge is 0.346 e. The van der Waals surface area contributed by atoms with Crippen molar-refractivity contribution in [1.29, 1.82) is 0 Å². The van der Waals surface area contributed by atoms with Crippen LogP contribution in [0.3, 0.4) is 0 Å². The van der Waals surface area contributed by atoms with Crippen molar-refractivity contribution in [2.75, 3.05) is 0 Å². The van der Waals surface area contributed by atoms with Crippen LogP contribution in [0, 0.1) is 0 Å². The molecule has 1 aromatic carbocycles. The van der Waals surface area contributed by atoms with Gasteiger partial charge in [0.1, 0.15) is 5.70 Å². The van der Waals surface area contributed by atoms with Gasteiger partial charge in [-0.05, 0) is 32.4 Å². The summed E-state index contributed by atoms with van der Waals surface area (Å²) in [6.45, 7) is 11.1. The number of rotatable bonds is 4. The van der Waals surface area contributed by atoms with Crippen molar-refractivity contribution in [3.63, 3.8) is 0 Å². The third-order valence-electron chi connectivity index (χ3n) is 2.74. The molecule has 114 valence electrons. The van der Waals surface area contributed by atoms with Gasteiger partial charge in [-0.3, -0.25) is 9.59 Å². The van der Waals surface area contributed by atoms with Crippen molar-refractivity contribution >= 4 is 27.7 Å². The molecule has 0 radical (unpaired) electrons. The number of carbonyl (C=O) groups excluding carboxylic acids is 2. The van der Waals surface area contributed by atoms with Gasteiger partial charge in [0.25, 0.3) is 5.91 Å². The zero-order chi connectivity index (χ0) is 16.2.